The molecular formula is C26H29N5O2S2. The highest BCUT2D eigenvalue weighted by Crippen LogP contribution is 2.30. The Kier molecular flexibility index (Phi) is 8.09. The largest absolute Gasteiger partial charge is 0.378 e. The number of carbonyl (C=O) groups excluding carboxylic acids is 2. The third-order valence-corrected chi connectivity index (χ3v) is 7.39. The molecule has 1 saturated heterocycles. The summed E-state index contributed by atoms with van der Waals surface area (Å²) < 4.78 is 0. The smallest absolute Gasteiger partial charge is 0.271 e. The first-order chi connectivity index (χ1) is 16.9. The summed E-state index contributed by atoms with van der Waals surface area (Å²) in [5.41, 5.74) is 3.06. The molecule has 1 fully saturated rings. The van der Waals surface area contributed by atoms with Gasteiger partial charge in [0.25, 0.3) is 5.91 Å². The number of piperidine rings is 1. The third-order valence-electron chi connectivity index (χ3n) is 6.03. The number of Topliss-reactive ketones (excluding diaryl/α,β-unsaturated/α-hetero) is 1. The van der Waals surface area contributed by atoms with Gasteiger partial charge in [0, 0.05) is 55.4 Å². The molecule has 0 aliphatic carbocycles. The van der Waals surface area contributed by atoms with E-state index in [4.69, 9.17) is 12.2 Å². The van der Waals surface area contributed by atoms with Crippen LogP contribution in [0, 0.1) is 0 Å². The highest BCUT2D eigenvalue weighted by molar-refractivity contribution is 7.80. The van der Waals surface area contributed by atoms with Crippen molar-refractivity contribution < 1.29 is 9.59 Å². The molecule has 2 aromatic carbocycles. The van der Waals surface area contributed by atoms with Gasteiger partial charge in [0.15, 0.2) is 10.9 Å². The number of rotatable bonds is 7. The second-order valence-electron chi connectivity index (χ2n) is 8.68. The molecule has 2 heterocycles. The highest BCUT2D eigenvalue weighted by atomic mass is 32.1. The zero-order chi connectivity index (χ0) is 24.8. The molecule has 4 rings (SSSR count). The lowest BCUT2D eigenvalue weighted by Crippen LogP contribution is -2.40. The monoisotopic (exact) mass is 507 g/mol. The minimum Gasteiger partial charge on any atom is -0.378 e. The second-order valence-corrected chi connectivity index (χ2v) is 9.95. The van der Waals surface area contributed by atoms with Gasteiger partial charge in [-0.05, 0) is 49.3 Å². The molecule has 0 atom stereocenters. The lowest BCUT2D eigenvalue weighted by molar-refractivity contribution is 0.0901. The van der Waals surface area contributed by atoms with Crippen LogP contribution in [0.5, 0.6) is 0 Å². The maximum Gasteiger partial charge on any atom is 0.271 e. The second kappa shape index (κ2) is 11.4. The molecule has 1 amide bonds. The minimum atomic E-state index is -0.320. The Hall–Kier alpha value is -3.30. The van der Waals surface area contributed by atoms with Crippen molar-refractivity contribution in [1.29, 1.82) is 0 Å². The first-order valence-corrected chi connectivity index (χ1v) is 12.8. The van der Waals surface area contributed by atoms with Gasteiger partial charge in [0.2, 0.25) is 0 Å². The molecule has 0 radical (unpaired) electrons. The molecule has 182 valence electrons. The maximum atomic E-state index is 12.5. The number of likely N-dealkylation sites (tertiary alicyclic amines) is 1. The number of aromatic nitrogens is 1. The zero-order valence-electron chi connectivity index (χ0n) is 19.9. The van der Waals surface area contributed by atoms with Crippen molar-refractivity contribution in [3.8, 4) is 0 Å². The van der Waals surface area contributed by atoms with Crippen LogP contribution in [0.25, 0.3) is 0 Å². The third kappa shape index (κ3) is 6.43. The molecule has 1 aliphatic rings. The van der Waals surface area contributed by atoms with Crippen molar-refractivity contribution in [2.75, 3.05) is 43.9 Å². The Morgan fingerprint density at radius 2 is 1.77 bits per heavy atom. The van der Waals surface area contributed by atoms with Gasteiger partial charge in [0.05, 0.1) is 11.6 Å². The molecule has 0 saturated carbocycles. The number of thiocarbonyl (C=S) groups is 1. The van der Waals surface area contributed by atoms with E-state index in [0.29, 0.717) is 17.2 Å². The van der Waals surface area contributed by atoms with Gasteiger partial charge in [-0.25, -0.2) is 4.98 Å². The van der Waals surface area contributed by atoms with Gasteiger partial charge < -0.3 is 20.4 Å². The van der Waals surface area contributed by atoms with Gasteiger partial charge in [-0.2, -0.15) is 0 Å². The number of amides is 1. The summed E-state index contributed by atoms with van der Waals surface area (Å²) in [6, 6.07) is 17.1. The summed E-state index contributed by atoms with van der Waals surface area (Å²) in [6.07, 6.45) is 1.84. The Morgan fingerprint density at radius 1 is 1.09 bits per heavy atom. The van der Waals surface area contributed by atoms with Crippen molar-refractivity contribution in [2.45, 2.75) is 18.8 Å². The molecule has 1 aliphatic heterocycles. The average molecular weight is 508 g/mol. The molecule has 1 aromatic heterocycles. The summed E-state index contributed by atoms with van der Waals surface area (Å²) in [5, 5.41) is 9.48. The van der Waals surface area contributed by atoms with Crippen LogP contribution in [0.4, 0.5) is 11.4 Å². The Bertz CT molecular complexity index is 1170. The predicted molar refractivity (Wildman–Crippen MR) is 146 cm³/mol. The first-order valence-electron chi connectivity index (χ1n) is 11.6. The van der Waals surface area contributed by atoms with E-state index >= 15 is 0 Å². The van der Waals surface area contributed by atoms with Crippen LogP contribution in [0.1, 0.15) is 44.6 Å². The number of ketones is 1. The SMILES string of the molecule is CN(C)c1ccc(NC(=S)N2CCC(c3nc(C(=O)NCC(=O)c4ccccc4)cs3)CC2)cc1. The Labute approximate surface area is 215 Å². The van der Waals surface area contributed by atoms with Crippen molar-refractivity contribution in [1.82, 2.24) is 15.2 Å². The number of hydrogen-bond donors (Lipinski definition) is 2. The number of benzene rings is 2. The average Bonchev–Trinajstić information content (AvgIpc) is 3.38. The quantitative estimate of drug-likeness (QED) is 0.363. The highest BCUT2D eigenvalue weighted by Gasteiger charge is 2.25. The van der Waals surface area contributed by atoms with Crippen LogP contribution in [-0.4, -0.2) is 60.4 Å². The molecule has 3 aromatic rings. The van der Waals surface area contributed by atoms with Gasteiger partial charge >= 0.3 is 0 Å². The number of carbonyl (C=O) groups is 2. The summed E-state index contributed by atoms with van der Waals surface area (Å²) >= 11 is 7.13. The van der Waals surface area contributed by atoms with E-state index in [1.807, 2.05) is 32.3 Å². The first kappa shape index (κ1) is 24.8. The van der Waals surface area contributed by atoms with Gasteiger partial charge in [-0.1, -0.05) is 30.3 Å². The predicted octanol–water partition coefficient (Wildman–Crippen LogP) is 4.40. The van der Waals surface area contributed by atoms with Crippen molar-refractivity contribution >= 4 is 51.7 Å². The fourth-order valence-corrected chi connectivity index (χ4v) is 5.20. The number of anilines is 2. The molecule has 0 bridgehead atoms. The van der Waals surface area contributed by atoms with Gasteiger partial charge in [0.1, 0.15) is 5.69 Å². The summed E-state index contributed by atoms with van der Waals surface area (Å²) in [6.45, 7) is 1.62. The fraction of sp³-hybridized carbons (Fsp3) is 0.308. The number of hydrogen-bond acceptors (Lipinski definition) is 6. The molecule has 2 N–H and O–H groups in total. The van der Waals surface area contributed by atoms with Gasteiger partial charge in [-0.3, -0.25) is 9.59 Å². The summed E-state index contributed by atoms with van der Waals surface area (Å²) in [7, 11) is 4.03. The van der Waals surface area contributed by atoms with Crippen molar-refractivity contribution in [3.63, 3.8) is 0 Å². The van der Waals surface area contributed by atoms with E-state index in [1.54, 1.807) is 29.6 Å². The van der Waals surface area contributed by atoms with E-state index in [1.165, 1.54) is 11.3 Å². The number of nitrogens with zero attached hydrogens (tertiary/aromatic N) is 3. The summed E-state index contributed by atoms with van der Waals surface area (Å²) in [5.74, 6) is -0.147. The van der Waals surface area contributed by atoms with E-state index in [9.17, 15) is 9.59 Å². The number of nitrogens with one attached hydrogen (secondary N) is 2. The van der Waals surface area contributed by atoms with Crippen LogP contribution in [-0.2, 0) is 0 Å². The van der Waals surface area contributed by atoms with Crippen molar-refractivity contribution in [3.05, 3.63) is 76.2 Å². The van der Waals surface area contributed by atoms with Crippen LogP contribution in [0.3, 0.4) is 0 Å². The standard InChI is InChI=1S/C26H29N5O2S2/c1-30(2)21-10-8-20(9-11-21)28-26(34)31-14-12-19(13-15-31)25-29-22(17-35-25)24(33)27-16-23(32)18-6-4-3-5-7-18/h3-11,17,19H,12-16H2,1-2H3,(H,27,33)(H,28,34). The van der Waals surface area contributed by atoms with E-state index in [0.717, 1.165) is 47.4 Å². The minimum absolute atomic E-state index is 0.0452. The normalized spacial score (nSPS) is 13.8. The molecule has 35 heavy (non-hydrogen) atoms. The topological polar surface area (TPSA) is 77.6 Å². The molecule has 0 unspecified atom stereocenters. The van der Waals surface area contributed by atoms with Crippen molar-refractivity contribution in [2.24, 2.45) is 0 Å². The number of thiazole rings is 1. The molecular weight excluding hydrogens is 478 g/mol. The van der Waals surface area contributed by atoms with Crippen LogP contribution >= 0.6 is 23.6 Å². The maximum absolute atomic E-state index is 12.5. The lowest BCUT2D eigenvalue weighted by Gasteiger charge is -2.33. The van der Waals surface area contributed by atoms with Crippen LogP contribution < -0.4 is 15.5 Å². The zero-order valence-corrected chi connectivity index (χ0v) is 21.5. The van der Waals surface area contributed by atoms with Crippen LogP contribution in [0.15, 0.2) is 60.0 Å². The van der Waals surface area contributed by atoms with E-state index < -0.39 is 0 Å². The summed E-state index contributed by atoms with van der Waals surface area (Å²) in [4.78, 5) is 33.5. The lowest BCUT2D eigenvalue weighted by atomic mass is 9.98. The molecule has 0 spiro atoms. The molecule has 9 heteroatoms. The Morgan fingerprint density at radius 3 is 2.43 bits per heavy atom. The van der Waals surface area contributed by atoms with Crippen LogP contribution in [0.2, 0.25) is 0 Å². The Balaban J connectivity index is 1.25. The molecule has 7 nitrogen and oxygen atoms in total. The van der Waals surface area contributed by atoms with E-state index in [-0.39, 0.29) is 18.2 Å². The fourth-order valence-electron chi connectivity index (χ4n) is 3.93. The van der Waals surface area contributed by atoms with E-state index in [2.05, 4.69) is 37.6 Å². The van der Waals surface area contributed by atoms with Gasteiger partial charge in [-0.15, -0.1) is 11.3 Å².